The van der Waals surface area contributed by atoms with Gasteiger partial charge in [-0.2, -0.15) is 0 Å². The predicted octanol–water partition coefficient (Wildman–Crippen LogP) is 4.88. The van der Waals surface area contributed by atoms with Crippen molar-refractivity contribution in [3.8, 4) is 11.1 Å². The van der Waals surface area contributed by atoms with Gasteiger partial charge in [0.05, 0.1) is 5.60 Å². The molecule has 1 aliphatic rings. The lowest BCUT2D eigenvalue weighted by molar-refractivity contribution is -0.160. The average Bonchev–Trinajstić information content (AvgIpc) is 2.58. The van der Waals surface area contributed by atoms with Gasteiger partial charge < -0.3 is 9.84 Å². The first kappa shape index (κ1) is 18.6. The van der Waals surface area contributed by atoms with Crippen LogP contribution in [0, 0.1) is 6.92 Å². The maximum Gasteiger partial charge on any atom is 0.337 e. The second-order valence-electron chi connectivity index (χ2n) is 7.93. The monoisotopic (exact) mass is 353 g/mol. The van der Waals surface area contributed by atoms with Crippen LogP contribution in [-0.4, -0.2) is 21.7 Å². The van der Waals surface area contributed by atoms with Crippen molar-refractivity contribution in [3.05, 3.63) is 52.8 Å². The lowest BCUT2D eigenvalue weighted by Crippen LogP contribution is -2.29. The molecular weight excluding hydrogens is 326 g/mol. The van der Waals surface area contributed by atoms with E-state index in [9.17, 15) is 9.90 Å². The number of carboxylic acid groups (broad SMARTS) is 1. The third-order valence-corrected chi connectivity index (χ3v) is 4.72. The number of nitrogens with zero attached hydrogens (tertiary/aromatic N) is 1. The second-order valence-corrected chi connectivity index (χ2v) is 7.93. The van der Waals surface area contributed by atoms with Crippen molar-refractivity contribution >= 4 is 5.97 Å². The van der Waals surface area contributed by atoms with Gasteiger partial charge in [-0.3, -0.25) is 4.98 Å². The Kier molecular flexibility index (Phi) is 5.15. The highest BCUT2D eigenvalue weighted by atomic mass is 16.5. The van der Waals surface area contributed by atoms with Crippen molar-refractivity contribution in [1.82, 2.24) is 4.98 Å². The van der Waals surface area contributed by atoms with Crippen LogP contribution >= 0.6 is 0 Å². The molecule has 1 unspecified atom stereocenters. The van der Waals surface area contributed by atoms with Crippen molar-refractivity contribution in [2.45, 2.75) is 65.1 Å². The lowest BCUT2D eigenvalue weighted by Gasteiger charge is -2.30. The quantitative estimate of drug-likeness (QED) is 0.851. The number of fused-ring (bicyclic) bond motifs is 1. The predicted molar refractivity (Wildman–Crippen MR) is 102 cm³/mol. The fraction of sp³-hybridized carbons (Fsp3) is 0.455. The van der Waals surface area contributed by atoms with Gasteiger partial charge in [-0.1, -0.05) is 30.3 Å². The number of carboxylic acids is 1. The Morgan fingerprint density at radius 2 is 1.81 bits per heavy atom. The Balaban J connectivity index is 2.28. The SMILES string of the molecule is Cc1nc2c(c(-c3ccccc3)c1C(OC(C)(C)C)C(=O)O)CCCC2. The van der Waals surface area contributed by atoms with Gasteiger partial charge in [0.15, 0.2) is 6.10 Å². The average molecular weight is 353 g/mol. The number of hydrogen-bond acceptors (Lipinski definition) is 3. The molecule has 0 saturated carbocycles. The highest BCUT2D eigenvalue weighted by molar-refractivity contribution is 5.82. The Morgan fingerprint density at radius 1 is 1.15 bits per heavy atom. The van der Waals surface area contributed by atoms with E-state index in [4.69, 9.17) is 9.72 Å². The molecule has 1 aromatic carbocycles. The zero-order valence-electron chi connectivity index (χ0n) is 16.0. The molecule has 138 valence electrons. The number of ether oxygens (including phenoxy) is 1. The van der Waals surface area contributed by atoms with E-state index < -0.39 is 17.7 Å². The molecule has 0 fully saturated rings. The molecule has 0 amide bonds. The van der Waals surface area contributed by atoms with E-state index in [1.54, 1.807) is 0 Å². The molecule has 0 spiro atoms. The number of benzene rings is 1. The van der Waals surface area contributed by atoms with Crippen LogP contribution in [0.15, 0.2) is 30.3 Å². The van der Waals surface area contributed by atoms with Crippen molar-refractivity contribution < 1.29 is 14.6 Å². The van der Waals surface area contributed by atoms with Gasteiger partial charge in [-0.15, -0.1) is 0 Å². The molecule has 0 radical (unpaired) electrons. The van der Waals surface area contributed by atoms with Gasteiger partial charge in [-0.05, 0) is 70.1 Å². The van der Waals surface area contributed by atoms with Crippen molar-refractivity contribution in [2.24, 2.45) is 0 Å². The molecule has 4 nitrogen and oxygen atoms in total. The van der Waals surface area contributed by atoms with Crippen LogP contribution in [0.1, 0.15) is 62.2 Å². The summed E-state index contributed by atoms with van der Waals surface area (Å²) in [4.78, 5) is 16.9. The minimum atomic E-state index is -1.04. The molecule has 1 atom stereocenters. The number of pyridine rings is 1. The summed E-state index contributed by atoms with van der Waals surface area (Å²) in [6.07, 6.45) is 3.09. The summed E-state index contributed by atoms with van der Waals surface area (Å²) in [6.45, 7) is 7.55. The second kappa shape index (κ2) is 7.20. The third-order valence-electron chi connectivity index (χ3n) is 4.72. The number of rotatable bonds is 4. The largest absolute Gasteiger partial charge is 0.479 e. The van der Waals surface area contributed by atoms with Gasteiger partial charge in [-0.25, -0.2) is 4.79 Å². The summed E-state index contributed by atoms with van der Waals surface area (Å²) in [5.41, 5.74) is 5.21. The Bertz CT molecular complexity index is 806. The number of carbonyl (C=O) groups is 1. The maximum absolute atomic E-state index is 12.1. The van der Waals surface area contributed by atoms with Gasteiger partial charge in [0.25, 0.3) is 0 Å². The van der Waals surface area contributed by atoms with E-state index in [1.807, 2.05) is 58.0 Å². The first-order chi connectivity index (χ1) is 12.3. The smallest absolute Gasteiger partial charge is 0.337 e. The summed E-state index contributed by atoms with van der Waals surface area (Å²) < 4.78 is 5.98. The van der Waals surface area contributed by atoms with Crippen LogP contribution < -0.4 is 0 Å². The first-order valence-electron chi connectivity index (χ1n) is 9.26. The molecule has 1 N–H and O–H groups in total. The van der Waals surface area contributed by atoms with E-state index in [2.05, 4.69) is 0 Å². The molecule has 1 aliphatic carbocycles. The summed E-state index contributed by atoms with van der Waals surface area (Å²) in [6, 6.07) is 10.0. The topological polar surface area (TPSA) is 59.4 Å². The zero-order chi connectivity index (χ0) is 18.9. The molecule has 26 heavy (non-hydrogen) atoms. The fourth-order valence-electron chi connectivity index (χ4n) is 3.73. The molecule has 3 rings (SSSR count). The number of aliphatic carboxylic acids is 1. The highest BCUT2D eigenvalue weighted by Gasteiger charge is 2.33. The van der Waals surface area contributed by atoms with E-state index in [-0.39, 0.29) is 0 Å². The van der Waals surface area contributed by atoms with E-state index in [0.717, 1.165) is 48.2 Å². The van der Waals surface area contributed by atoms with E-state index >= 15 is 0 Å². The van der Waals surface area contributed by atoms with Crippen LogP contribution in [0.2, 0.25) is 0 Å². The van der Waals surface area contributed by atoms with Gasteiger partial charge in [0.1, 0.15) is 0 Å². The molecular formula is C22H27NO3. The van der Waals surface area contributed by atoms with Crippen LogP contribution in [-0.2, 0) is 22.4 Å². The van der Waals surface area contributed by atoms with Crippen LogP contribution in [0.3, 0.4) is 0 Å². The summed E-state index contributed by atoms with van der Waals surface area (Å²) >= 11 is 0. The minimum absolute atomic E-state index is 0.570. The Hall–Kier alpha value is -2.20. The Morgan fingerprint density at radius 3 is 2.42 bits per heavy atom. The summed E-state index contributed by atoms with van der Waals surface area (Å²) in [5.74, 6) is -0.974. The molecule has 4 heteroatoms. The highest BCUT2D eigenvalue weighted by Crippen LogP contribution is 2.40. The zero-order valence-corrected chi connectivity index (χ0v) is 16.0. The molecule has 2 aromatic rings. The van der Waals surface area contributed by atoms with Crippen LogP contribution in [0.5, 0.6) is 0 Å². The maximum atomic E-state index is 12.1. The van der Waals surface area contributed by atoms with Gasteiger partial charge >= 0.3 is 5.97 Å². The lowest BCUT2D eigenvalue weighted by atomic mass is 9.84. The van der Waals surface area contributed by atoms with Crippen molar-refractivity contribution in [2.75, 3.05) is 0 Å². The summed E-state index contributed by atoms with van der Waals surface area (Å²) in [7, 11) is 0. The Labute approximate surface area is 155 Å². The molecule has 1 aromatic heterocycles. The normalized spacial score (nSPS) is 15.4. The summed E-state index contributed by atoms with van der Waals surface area (Å²) in [5, 5.41) is 9.94. The fourth-order valence-corrected chi connectivity index (χ4v) is 3.73. The van der Waals surface area contributed by atoms with Crippen molar-refractivity contribution in [1.29, 1.82) is 0 Å². The van der Waals surface area contributed by atoms with E-state index in [0.29, 0.717) is 5.56 Å². The van der Waals surface area contributed by atoms with Gasteiger partial charge in [0.2, 0.25) is 0 Å². The number of hydrogen-bond donors (Lipinski definition) is 1. The van der Waals surface area contributed by atoms with Crippen molar-refractivity contribution in [3.63, 3.8) is 0 Å². The minimum Gasteiger partial charge on any atom is -0.479 e. The molecule has 0 bridgehead atoms. The first-order valence-corrected chi connectivity index (χ1v) is 9.26. The van der Waals surface area contributed by atoms with Gasteiger partial charge in [0, 0.05) is 17.0 Å². The standard InChI is InChI=1S/C22H27NO3/c1-14-18(20(21(24)25)26-22(2,3)4)19(15-10-6-5-7-11-15)16-12-8-9-13-17(16)23-14/h5-7,10-11,20H,8-9,12-13H2,1-4H3,(H,24,25). The van der Waals surface area contributed by atoms with E-state index in [1.165, 1.54) is 5.56 Å². The number of aryl methyl sites for hydroxylation is 2. The molecule has 0 aliphatic heterocycles. The third kappa shape index (κ3) is 3.80. The van der Waals surface area contributed by atoms with Crippen LogP contribution in [0.4, 0.5) is 0 Å². The van der Waals surface area contributed by atoms with Crippen LogP contribution in [0.25, 0.3) is 11.1 Å². The number of aromatic nitrogens is 1. The molecule has 0 saturated heterocycles. The molecule has 1 heterocycles.